The molecular formula is C13H14F3N3O. The topological polar surface area (TPSA) is 50.9 Å². The summed E-state index contributed by atoms with van der Waals surface area (Å²) in [5.74, 6) is 0. The monoisotopic (exact) mass is 285 g/mol. The molecule has 108 valence electrons. The minimum absolute atomic E-state index is 0.174. The first-order valence-electron chi connectivity index (χ1n) is 6.14. The Balaban J connectivity index is 2.16. The Morgan fingerprint density at radius 3 is 2.75 bits per heavy atom. The number of hydrogen-bond donors (Lipinski definition) is 1. The van der Waals surface area contributed by atoms with Crippen LogP contribution in [-0.4, -0.2) is 20.1 Å². The average molecular weight is 285 g/mol. The van der Waals surface area contributed by atoms with Gasteiger partial charge in [0.25, 0.3) is 0 Å². The minimum atomic E-state index is -4.36. The molecule has 0 spiro atoms. The molecule has 2 rings (SSSR count). The van der Waals surface area contributed by atoms with Crippen LogP contribution in [0.4, 0.5) is 13.2 Å². The van der Waals surface area contributed by atoms with Crippen LogP contribution >= 0.6 is 0 Å². The fourth-order valence-corrected chi connectivity index (χ4v) is 1.79. The average Bonchev–Trinajstić information content (AvgIpc) is 2.85. The predicted molar refractivity (Wildman–Crippen MR) is 65.8 cm³/mol. The molecule has 1 N–H and O–H groups in total. The molecule has 1 heterocycles. The minimum Gasteiger partial charge on any atom is -0.387 e. The second-order valence-electron chi connectivity index (χ2n) is 4.46. The van der Waals surface area contributed by atoms with E-state index in [9.17, 15) is 18.3 Å². The summed E-state index contributed by atoms with van der Waals surface area (Å²) in [6.45, 7) is 1.98. The van der Waals surface area contributed by atoms with Gasteiger partial charge in [-0.25, -0.2) is 4.68 Å². The van der Waals surface area contributed by atoms with Gasteiger partial charge in [-0.05, 0) is 24.1 Å². The summed E-state index contributed by atoms with van der Waals surface area (Å²) in [6.07, 6.45) is -3.02. The molecule has 1 atom stereocenters. The van der Waals surface area contributed by atoms with E-state index in [0.717, 1.165) is 12.1 Å². The quantitative estimate of drug-likeness (QED) is 0.939. The summed E-state index contributed by atoms with van der Waals surface area (Å²) in [5.41, 5.74) is 0.200. The van der Waals surface area contributed by atoms with Gasteiger partial charge >= 0.3 is 6.18 Å². The van der Waals surface area contributed by atoms with Crippen molar-refractivity contribution in [3.63, 3.8) is 0 Å². The van der Waals surface area contributed by atoms with E-state index in [-0.39, 0.29) is 6.54 Å². The zero-order chi connectivity index (χ0) is 14.8. The van der Waals surface area contributed by atoms with Gasteiger partial charge in [-0.3, -0.25) is 0 Å². The van der Waals surface area contributed by atoms with Crippen molar-refractivity contribution >= 4 is 0 Å². The summed E-state index contributed by atoms with van der Waals surface area (Å²) in [4.78, 5) is 0. The summed E-state index contributed by atoms with van der Waals surface area (Å²) < 4.78 is 39.2. The standard InChI is InChI=1S/C13H14F3N3O/c1-2-12(20)11-8-19(18-17-11)7-9-4-3-5-10(6-9)13(14,15)16/h3-6,8,12,20H,2,7H2,1H3. The Bertz CT molecular complexity index is 580. The van der Waals surface area contributed by atoms with Crippen LogP contribution in [0.25, 0.3) is 0 Å². The smallest absolute Gasteiger partial charge is 0.387 e. The first-order valence-corrected chi connectivity index (χ1v) is 6.14. The Kier molecular flexibility index (Phi) is 4.08. The van der Waals surface area contributed by atoms with Crippen molar-refractivity contribution in [2.75, 3.05) is 0 Å². The third-order valence-corrected chi connectivity index (χ3v) is 2.88. The maximum absolute atomic E-state index is 12.6. The Morgan fingerprint density at radius 2 is 2.10 bits per heavy atom. The third-order valence-electron chi connectivity index (χ3n) is 2.88. The second kappa shape index (κ2) is 5.62. The normalized spacial score (nSPS) is 13.4. The van der Waals surface area contributed by atoms with E-state index in [4.69, 9.17) is 0 Å². The Morgan fingerprint density at radius 1 is 1.35 bits per heavy atom. The number of aromatic nitrogens is 3. The maximum Gasteiger partial charge on any atom is 0.416 e. The molecule has 0 saturated heterocycles. The zero-order valence-corrected chi connectivity index (χ0v) is 10.8. The fraction of sp³-hybridized carbons (Fsp3) is 0.385. The van der Waals surface area contributed by atoms with Crippen molar-refractivity contribution in [2.45, 2.75) is 32.2 Å². The molecule has 0 aliphatic rings. The fourth-order valence-electron chi connectivity index (χ4n) is 1.79. The van der Waals surface area contributed by atoms with E-state index in [2.05, 4.69) is 10.3 Å². The van der Waals surface area contributed by atoms with Gasteiger partial charge in [0.05, 0.1) is 24.4 Å². The lowest BCUT2D eigenvalue weighted by Crippen LogP contribution is -2.07. The molecule has 20 heavy (non-hydrogen) atoms. The zero-order valence-electron chi connectivity index (χ0n) is 10.8. The number of halogens is 3. The van der Waals surface area contributed by atoms with Crippen LogP contribution in [0.2, 0.25) is 0 Å². The largest absolute Gasteiger partial charge is 0.416 e. The number of rotatable bonds is 4. The Labute approximate surface area is 113 Å². The van der Waals surface area contributed by atoms with Crippen LogP contribution in [0, 0.1) is 0 Å². The van der Waals surface area contributed by atoms with Gasteiger partial charge in [0, 0.05) is 0 Å². The highest BCUT2D eigenvalue weighted by Crippen LogP contribution is 2.29. The Hall–Kier alpha value is -1.89. The van der Waals surface area contributed by atoms with Gasteiger partial charge in [-0.15, -0.1) is 5.10 Å². The highest BCUT2D eigenvalue weighted by Gasteiger charge is 2.30. The summed E-state index contributed by atoms with van der Waals surface area (Å²) in [7, 11) is 0. The van der Waals surface area contributed by atoms with E-state index < -0.39 is 17.8 Å². The lowest BCUT2D eigenvalue weighted by atomic mass is 10.1. The molecule has 0 bridgehead atoms. The molecule has 0 amide bonds. The predicted octanol–water partition coefficient (Wildman–Crippen LogP) is 2.79. The van der Waals surface area contributed by atoms with E-state index in [1.54, 1.807) is 13.0 Å². The molecule has 0 radical (unpaired) electrons. The SMILES string of the molecule is CCC(O)c1cn(Cc2cccc(C(F)(F)F)c2)nn1. The van der Waals surface area contributed by atoms with E-state index in [0.29, 0.717) is 17.7 Å². The molecule has 1 aromatic heterocycles. The number of aliphatic hydroxyl groups excluding tert-OH is 1. The van der Waals surface area contributed by atoms with Gasteiger partial charge in [0.2, 0.25) is 0 Å². The van der Waals surface area contributed by atoms with Crippen molar-refractivity contribution in [1.29, 1.82) is 0 Å². The molecule has 1 unspecified atom stereocenters. The van der Waals surface area contributed by atoms with Crippen molar-refractivity contribution in [1.82, 2.24) is 15.0 Å². The van der Waals surface area contributed by atoms with Gasteiger partial charge < -0.3 is 5.11 Å². The number of nitrogens with zero attached hydrogens (tertiary/aromatic N) is 3. The van der Waals surface area contributed by atoms with Crippen molar-refractivity contribution in [2.24, 2.45) is 0 Å². The van der Waals surface area contributed by atoms with Gasteiger partial charge in [0.15, 0.2) is 0 Å². The van der Waals surface area contributed by atoms with Gasteiger partial charge in [0.1, 0.15) is 5.69 Å². The second-order valence-corrected chi connectivity index (χ2v) is 4.46. The molecule has 0 fully saturated rings. The van der Waals surface area contributed by atoms with Gasteiger partial charge in [-0.1, -0.05) is 24.3 Å². The van der Waals surface area contributed by atoms with Crippen LogP contribution < -0.4 is 0 Å². The third kappa shape index (κ3) is 3.36. The first-order chi connectivity index (χ1) is 9.40. The van der Waals surface area contributed by atoms with E-state index >= 15 is 0 Å². The number of aliphatic hydroxyl groups is 1. The molecular weight excluding hydrogens is 271 g/mol. The van der Waals surface area contributed by atoms with Crippen molar-refractivity contribution in [3.8, 4) is 0 Å². The van der Waals surface area contributed by atoms with Gasteiger partial charge in [-0.2, -0.15) is 13.2 Å². The summed E-state index contributed by atoms with van der Waals surface area (Å²) in [5, 5.41) is 17.2. The van der Waals surface area contributed by atoms with Crippen molar-refractivity contribution < 1.29 is 18.3 Å². The highest BCUT2D eigenvalue weighted by molar-refractivity contribution is 5.25. The molecule has 2 aromatic rings. The number of alkyl halides is 3. The maximum atomic E-state index is 12.6. The molecule has 0 saturated carbocycles. The van der Waals surface area contributed by atoms with E-state index in [1.807, 2.05) is 0 Å². The molecule has 0 aliphatic carbocycles. The molecule has 7 heteroatoms. The molecule has 1 aromatic carbocycles. The molecule has 4 nitrogen and oxygen atoms in total. The van der Waals surface area contributed by atoms with Crippen LogP contribution in [0.3, 0.4) is 0 Å². The van der Waals surface area contributed by atoms with Crippen LogP contribution in [0.15, 0.2) is 30.5 Å². The number of benzene rings is 1. The number of hydrogen-bond acceptors (Lipinski definition) is 3. The lowest BCUT2D eigenvalue weighted by molar-refractivity contribution is -0.137. The van der Waals surface area contributed by atoms with Crippen molar-refractivity contribution in [3.05, 3.63) is 47.3 Å². The van der Waals surface area contributed by atoms with E-state index in [1.165, 1.54) is 16.9 Å². The van der Waals surface area contributed by atoms with Crippen LogP contribution in [-0.2, 0) is 12.7 Å². The van der Waals surface area contributed by atoms with Crippen LogP contribution in [0.5, 0.6) is 0 Å². The highest BCUT2D eigenvalue weighted by atomic mass is 19.4. The first kappa shape index (κ1) is 14.5. The lowest BCUT2D eigenvalue weighted by Gasteiger charge is -2.08. The molecule has 0 aliphatic heterocycles. The van der Waals surface area contributed by atoms with Crippen LogP contribution in [0.1, 0.15) is 36.3 Å². The summed E-state index contributed by atoms with van der Waals surface area (Å²) >= 11 is 0. The summed E-state index contributed by atoms with van der Waals surface area (Å²) in [6, 6.07) is 5.05.